The van der Waals surface area contributed by atoms with E-state index in [-0.39, 0.29) is 5.97 Å². The van der Waals surface area contributed by atoms with Crippen molar-refractivity contribution in [2.75, 3.05) is 19.9 Å². The quantitative estimate of drug-likeness (QED) is 0.610. The molecule has 26 heavy (non-hydrogen) atoms. The molecule has 1 unspecified atom stereocenters. The van der Waals surface area contributed by atoms with Gasteiger partial charge in [0.1, 0.15) is 6.04 Å². The number of methoxy groups -OCH3 is 1. The lowest BCUT2D eigenvalue weighted by atomic mass is 10.0. The van der Waals surface area contributed by atoms with Crippen LogP contribution in [0.2, 0.25) is 5.02 Å². The molecule has 0 saturated heterocycles. The summed E-state index contributed by atoms with van der Waals surface area (Å²) in [7, 11) is -2.24. The Morgan fingerprint density at radius 3 is 2.62 bits per heavy atom. The number of carbonyl (C=O) groups is 1. The zero-order valence-corrected chi connectivity index (χ0v) is 16.8. The van der Waals surface area contributed by atoms with Gasteiger partial charge in [0.05, 0.1) is 13.4 Å². The van der Waals surface area contributed by atoms with Gasteiger partial charge in [-0.15, -0.1) is 11.3 Å². The molecule has 142 valence electrons. The first-order valence-corrected chi connectivity index (χ1v) is 10.8. The normalized spacial score (nSPS) is 15.4. The zero-order valence-electron chi connectivity index (χ0n) is 14.4. The molecule has 1 aromatic carbocycles. The molecule has 3 rings (SSSR count). The molecule has 1 atom stereocenters. The highest BCUT2D eigenvalue weighted by Crippen LogP contribution is 2.33. The van der Waals surface area contributed by atoms with E-state index in [0.29, 0.717) is 11.3 Å². The summed E-state index contributed by atoms with van der Waals surface area (Å²) in [5.41, 5.74) is 2.11. The van der Waals surface area contributed by atoms with Gasteiger partial charge in [-0.05, 0) is 35.1 Å². The summed E-state index contributed by atoms with van der Waals surface area (Å²) >= 11 is 8.07. The van der Waals surface area contributed by atoms with E-state index in [1.54, 1.807) is 11.3 Å². The fraction of sp³-hybridized carbons (Fsp3) is 0.353. The van der Waals surface area contributed by atoms with E-state index in [2.05, 4.69) is 16.3 Å². The molecule has 0 spiro atoms. The van der Waals surface area contributed by atoms with Gasteiger partial charge in [0.2, 0.25) is 0 Å². The van der Waals surface area contributed by atoms with Crippen molar-refractivity contribution < 1.29 is 22.5 Å². The van der Waals surface area contributed by atoms with Crippen molar-refractivity contribution in [1.82, 2.24) is 4.90 Å². The molecule has 2 heterocycles. The van der Waals surface area contributed by atoms with Crippen LogP contribution in [0, 0.1) is 0 Å². The SMILES string of the molecule is COC(=O)C(c1ccccc1Cl)N1CCc2sccc2C1.CS(=O)(=O)O. The lowest BCUT2D eigenvalue weighted by Crippen LogP contribution is -2.38. The number of esters is 1. The minimum atomic E-state index is -3.67. The van der Waals surface area contributed by atoms with Crippen LogP contribution < -0.4 is 0 Å². The monoisotopic (exact) mass is 417 g/mol. The number of halogens is 1. The third-order valence-electron chi connectivity index (χ3n) is 3.83. The zero-order chi connectivity index (χ0) is 19.3. The molecule has 1 aliphatic heterocycles. The number of hydrogen-bond acceptors (Lipinski definition) is 6. The molecule has 6 nitrogen and oxygen atoms in total. The van der Waals surface area contributed by atoms with Gasteiger partial charge in [-0.1, -0.05) is 29.8 Å². The van der Waals surface area contributed by atoms with E-state index in [0.717, 1.165) is 25.1 Å². The van der Waals surface area contributed by atoms with Crippen LogP contribution in [0.4, 0.5) is 0 Å². The Morgan fingerprint density at radius 1 is 1.35 bits per heavy atom. The van der Waals surface area contributed by atoms with Crippen LogP contribution in [0.25, 0.3) is 0 Å². The van der Waals surface area contributed by atoms with E-state index in [1.807, 2.05) is 24.3 Å². The second-order valence-corrected chi connectivity index (χ2v) is 8.64. The van der Waals surface area contributed by atoms with E-state index in [9.17, 15) is 13.2 Å². The maximum absolute atomic E-state index is 12.3. The van der Waals surface area contributed by atoms with Crippen molar-refractivity contribution in [2.24, 2.45) is 0 Å². The topological polar surface area (TPSA) is 83.9 Å². The van der Waals surface area contributed by atoms with Crippen LogP contribution >= 0.6 is 22.9 Å². The number of carbonyl (C=O) groups excluding carboxylic acids is 1. The molecule has 0 amide bonds. The van der Waals surface area contributed by atoms with Crippen LogP contribution in [0.1, 0.15) is 22.0 Å². The smallest absolute Gasteiger partial charge is 0.327 e. The van der Waals surface area contributed by atoms with Crippen molar-refractivity contribution in [3.05, 3.63) is 56.7 Å². The minimum absolute atomic E-state index is 0.262. The molecule has 2 aromatic rings. The maximum Gasteiger partial charge on any atom is 0.327 e. The molecule has 1 aliphatic rings. The highest BCUT2D eigenvalue weighted by molar-refractivity contribution is 7.85. The first-order chi connectivity index (χ1) is 12.2. The lowest BCUT2D eigenvalue weighted by Gasteiger charge is -2.33. The van der Waals surface area contributed by atoms with Crippen LogP contribution in [0.5, 0.6) is 0 Å². The molecule has 0 bridgehead atoms. The molecule has 0 radical (unpaired) electrons. The number of fused-ring (bicyclic) bond motifs is 1. The Labute approximate surface area is 162 Å². The Bertz CT molecular complexity index is 858. The van der Waals surface area contributed by atoms with Crippen LogP contribution in [0.3, 0.4) is 0 Å². The maximum atomic E-state index is 12.3. The van der Waals surface area contributed by atoms with Crippen LogP contribution in [-0.2, 0) is 32.6 Å². The third-order valence-corrected chi connectivity index (χ3v) is 5.19. The van der Waals surface area contributed by atoms with Crippen molar-refractivity contribution in [1.29, 1.82) is 0 Å². The van der Waals surface area contributed by atoms with Gasteiger partial charge in [-0.3, -0.25) is 9.45 Å². The molecule has 1 N–H and O–H groups in total. The predicted octanol–water partition coefficient (Wildman–Crippen LogP) is 3.18. The summed E-state index contributed by atoms with van der Waals surface area (Å²) in [6, 6.07) is 9.16. The summed E-state index contributed by atoms with van der Waals surface area (Å²) in [5, 5.41) is 2.71. The predicted molar refractivity (Wildman–Crippen MR) is 102 cm³/mol. The number of benzene rings is 1. The standard InChI is InChI=1S/C16H16ClNO2S.CH4O3S/c1-20-16(19)15(12-4-2-3-5-13(12)17)18-8-6-14-11(10-18)7-9-21-14;1-5(2,3)4/h2-5,7,9,15H,6,8,10H2,1H3;1H3,(H,2,3,4). The highest BCUT2D eigenvalue weighted by atomic mass is 35.5. The van der Waals surface area contributed by atoms with Crippen molar-refractivity contribution in [3.63, 3.8) is 0 Å². The van der Waals surface area contributed by atoms with Gasteiger partial charge >= 0.3 is 5.97 Å². The Morgan fingerprint density at radius 2 is 2.00 bits per heavy atom. The van der Waals surface area contributed by atoms with Crippen molar-refractivity contribution >= 4 is 39.0 Å². The first-order valence-electron chi connectivity index (χ1n) is 7.74. The second kappa shape index (κ2) is 8.96. The first kappa shape index (κ1) is 20.9. The summed E-state index contributed by atoms with van der Waals surface area (Å²) in [4.78, 5) is 15.8. The number of thiophene rings is 1. The number of ether oxygens (including phenoxy) is 1. The van der Waals surface area contributed by atoms with Crippen molar-refractivity contribution in [3.8, 4) is 0 Å². The molecule has 0 saturated carbocycles. The molecule has 0 aliphatic carbocycles. The van der Waals surface area contributed by atoms with Gasteiger partial charge in [-0.2, -0.15) is 8.42 Å². The number of nitrogens with zero attached hydrogens (tertiary/aromatic N) is 1. The van der Waals surface area contributed by atoms with Crippen LogP contribution in [0.15, 0.2) is 35.7 Å². The molecule has 9 heteroatoms. The second-order valence-electron chi connectivity index (χ2n) is 5.77. The number of hydrogen-bond donors (Lipinski definition) is 1. The Kier molecular flexibility index (Phi) is 7.19. The van der Waals surface area contributed by atoms with Gasteiger partial charge in [0.25, 0.3) is 10.1 Å². The van der Waals surface area contributed by atoms with Gasteiger partial charge in [0.15, 0.2) is 0 Å². The lowest BCUT2D eigenvalue weighted by molar-refractivity contribution is -0.147. The minimum Gasteiger partial charge on any atom is -0.468 e. The average Bonchev–Trinajstić information content (AvgIpc) is 3.03. The fourth-order valence-corrected chi connectivity index (χ4v) is 3.90. The molecular formula is C17H20ClNO5S2. The van der Waals surface area contributed by atoms with E-state index in [1.165, 1.54) is 17.6 Å². The molecule has 1 aromatic heterocycles. The Hall–Kier alpha value is -1.45. The van der Waals surface area contributed by atoms with Crippen LogP contribution in [-0.4, -0.2) is 43.8 Å². The number of rotatable bonds is 3. The largest absolute Gasteiger partial charge is 0.468 e. The van der Waals surface area contributed by atoms with Crippen molar-refractivity contribution in [2.45, 2.75) is 19.0 Å². The molecular weight excluding hydrogens is 398 g/mol. The van der Waals surface area contributed by atoms with E-state index in [4.69, 9.17) is 20.9 Å². The summed E-state index contributed by atoms with van der Waals surface area (Å²) in [6.45, 7) is 1.59. The summed E-state index contributed by atoms with van der Waals surface area (Å²) in [6.07, 6.45) is 1.68. The highest BCUT2D eigenvalue weighted by Gasteiger charge is 2.32. The van der Waals surface area contributed by atoms with E-state index < -0.39 is 16.2 Å². The summed E-state index contributed by atoms with van der Waals surface area (Å²) < 4.78 is 30.9. The van der Waals surface area contributed by atoms with Gasteiger partial charge < -0.3 is 4.74 Å². The van der Waals surface area contributed by atoms with Gasteiger partial charge in [-0.25, -0.2) is 4.79 Å². The fourth-order valence-electron chi connectivity index (χ4n) is 2.77. The Balaban J connectivity index is 0.000000431. The summed E-state index contributed by atoms with van der Waals surface area (Å²) in [5.74, 6) is -0.262. The molecule has 0 fully saturated rings. The third kappa shape index (κ3) is 5.78. The van der Waals surface area contributed by atoms with Gasteiger partial charge in [0, 0.05) is 23.0 Å². The average molecular weight is 418 g/mol. The van der Waals surface area contributed by atoms with E-state index >= 15 is 0 Å².